The van der Waals surface area contributed by atoms with Crippen molar-refractivity contribution in [1.29, 1.82) is 0 Å². The first-order valence-electron chi connectivity index (χ1n) is 16.7. The van der Waals surface area contributed by atoms with Crippen LogP contribution in [0.5, 0.6) is 5.75 Å². The average Bonchev–Trinajstić information content (AvgIpc) is 3.88. The Kier molecular flexibility index (Phi) is 10.6. The lowest BCUT2D eigenvalue weighted by Gasteiger charge is -2.31. The molecule has 3 aliphatic rings. The van der Waals surface area contributed by atoms with Crippen LogP contribution >= 0.6 is 0 Å². The van der Waals surface area contributed by atoms with E-state index >= 15 is 0 Å². The molecular weight excluding hydrogens is 689 g/mol. The van der Waals surface area contributed by atoms with Crippen LogP contribution in [-0.4, -0.2) is 70.2 Å². The summed E-state index contributed by atoms with van der Waals surface area (Å²) in [6, 6.07) is 10.2. The van der Waals surface area contributed by atoms with Gasteiger partial charge in [0.1, 0.15) is 22.8 Å². The van der Waals surface area contributed by atoms with E-state index < -0.39 is 38.7 Å². The van der Waals surface area contributed by atoms with Crippen LogP contribution in [0, 0.1) is 0 Å². The highest BCUT2D eigenvalue weighted by atomic mass is 32.2. The summed E-state index contributed by atoms with van der Waals surface area (Å²) in [4.78, 5) is 36.6. The maximum absolute atomic E-state index is 12.4. The van der Waals surface area contributed by atoms with Crippen LogP contribution in [0.1, 0.15) is 88.4 Å². The van der Waals surface area contributed by atoms with Crippen molar-refractivity contribution in [2.75, 3.05) is 13.1 Å². The van der Waals surface area contributed by atoms with Gasteiger partial charge in [0.15, 0.2) is 0 Å². The Morgan fingerprint density at radius 3 is 1.69 bits per heavy atom. The van der Waals surface area contributed by atoms with Gasteiger partial charge in [-0.05, 0) is 107 Å². The Morgan fingerprint density at radius 2 is 1.22 bits per heavy atom. The molecule has 2 aromatic carbocycles. The van der Waals surface area contributed by atoms with Gasteiger partial charge in [-0.15, -0.1) is 0 Å². The molecule has 0 spiro atoms. The fourth-order valence-electron chi connectivity index (χ4n) is 5.49. The number of benzene rings is 2. The number of amides is 2. The van der Waals surface area contributed by atoms with E-state index in [1.54, 1.807) is 25.7 Å². The first-order valence-corrected chi connectivity index (χ1v) is 18.1. The van der Waals surface area contributed by atoms with Crippen molar-refractivity contribution in [2.45, 2.75) is 103 Å². The molecule has 1 fully saturated rings. The molecule has 1 aromatic heterocycles. The smallest absolute Gasteiger partial charge is 0.444 e. The van der Waals surface area contributed by atoms with Crippen molar-refractivity contribution in [2.24, 2.45) is 0 Å². The highest BCUT2D eigenvalue weighted by molar-refractivity contribution is 7.88. The molecular formula is C36H43F3N4O7S. The average molecular weight is 733 g/mol. The van der Waals surface area contributed by atoms with E-state index in [-0.39, 0.29) is 12.6 Å². The zero-order valence-electron chi connectivity index (χ0n) is 29.5. The summed E-state index contributed by atoms with van der Waals surface area (Å²) in [6.45, 7) is 12.7. The van der Waals surface area contributed by atoms with E-state index in [2.05, 4.69) is 32.4 Å². The molecule has 0 atom stereocenters. The van der Waals surface area contributed by atoms with Gasteiger partial charge in [-0.1, -0.05) is 24.3 Å². The number of aromatic nitrogens is 2. The zero-order valence-corrected chi connectivity index (χ0v) is 30.4. The lowest BCUT2D eigenvalue weighted by Crippen LogP contribution is -2.39. The van der Waals surface area contributed by atoms with E-state index in [4.69, 9.17) is 9.47 Å². The maximum Gasteiger partial charge on any atom is 0.534 e. The molecule has 2 amide bonds. The van der Waals surface area contributed by atoms with Crippen LogP contribution < -0.4 is 4.18 Å². The van der Waals surface area contributed by atoms with Gasteiger partial charge >= 0.3 is 27.8 Å². The van der Waals surface area contributed by atoms with Crippen molar-refractivity contribution in [3.63, 3.8) is 0 Å². The second-order valence-corrected chi connectivity index (χ2v) is 16.3. The van der Waals surface area contributed by atoms with Crippen molar-refractivity contribution in [3.05, 3.63) is 76.9 Å². The van der Waals surface area contributed by atoms with E-state index in [9.17, 15) is 31.2 Å². The fourth-order valence-corrected chi connectivity index (χ4v) is 5.94. The summed E-state index contributed by atoms with van der Waals surface area (Å²) >= 11 is 0. The number of rotatable bonds is 4. The van der Waals surface area contributed by atoms with Gasteiger partial charge in [-0.3, -0.25) is 0 Å². The maximum atomic E-state index is 12.4. The van der Waals surface area contributed by atoms with E-state index in [0.29, 0.717) is 43.1 Å². The second-order valence-electron chi connectivity index (χ2n) is 14.8. The topological polar surface area (TPSA) is 128 Å². The number of hydrogen-bond donors (Lipinski definition) is 0. The van der Waals surface area contributed by atoms with Gasteiger partial charge in [0, 0.05) is 50.1 Å². The third-order valence-electron chi connectivity index (χ3n) is 8.15. The molecule has 0 saturated heterocycles. The summed E-state index contributed by atoms with van der Waals surface area (Å²) in [7, 11) is -5.71. The molecule has 0 bridgehead atoms. The third kappa shape index (κ3) is 10.1. The normalized spacial score (nSPS) is 16.3. The van der Waals surface area contributed by atoms with Gasteiger partial charge in [-0.25, -0.2) is 19.6 Å². The fraction of sp³-hybridized carbons (Fsp3) is 0.500. The molecule has 1 aliphatic carbocycles. The molecule has 0 N–H and O–H groups in total. The van der Waals surface area contributed by atoms with E-state index in [1.165, 1.54) is 41.0 Å². The van der Waals surface area contributed by atoms with Crippen LogP contribution in [0.4, 0.5) is 22.8 Å². The second kappa shape index (κ2) is 14.3. The minimum absolute atomic E-state index is 0.219. The monoisotopic (exact) mass is 732 g/mol. The number of fused-ring (bicyclic) bond motifs is 2. The standard InChI is InChI=1S/C21H25N3O2.C15H18F3NO5S/c1-21(2,3)26-20(25)24-9-8-16-10-15(6-7-17(16)13-24)18-11-22-19(23-12-18)14-4-5-14;1-14(2,3)23-13(20)19-7-6-10-8-12(5-4-11(10)9-19)24-25(21,22)15(16,17)18/h6-7,10-12,14H,4-5,8-9,13H2,1-3H3;4-5,8H,6-7,9H2,1-3H3. The van der Waals surface area contributed by atoms with Crippen molar-refractivity contribution in [3.8, 4) is 16.9 Å². The van der Waals surface area contributed by atoms with Crippen molar-refractivity contribution < 1.29 is 44.8 Å². The predicted octanol–water partition coefficient (Wildman–Crippen LogP) is 7.52. The molecule has 3 heterocycles. The van der Waals surface area contributed by atoms with Crippen LogP contribution in [0.2, 0.25) is 0 Å². The molecule has 276 valence electrons. The Balaban J connectivity index is 0.000000198. The summed E-state index contributed by atoms with van der Waals surface area (Å²) < 4.78 is 74.1. The Bertz CT molecular complexity index is 1870. The highest BCUT2D eigenvalue weighted by Crippen LogP contribution is 2.38. The minimum atomic E-state index is -5.71. The molecule has 0 unspecified atom stereocenters. The Morgan fingerprint density at radius 1 is 0.725 bits per heavy atom. The van der Waals surface area contributed by atoms with Crippen LogP contribution in [0.15, 0.2) is 48.8 Å². The SMILES string of the molecule is CC(C)(C)OC(=O)N1CCc2cc(-c3cnc(C4CC4)nc3)ccc2C1.CC(C)(C)OC(=O)N1CCc2cc(OS(=O)(=O)C(F)(F)F)ccc2C1. The number of hydrogen-bond acceptors (Lipinski definition) is 9. The first kappa shape index (κ1) is 37.8. The van der Waals surface area contributed by atoms with Crippen molar-refractivity contribution >= 4 is 22.3 Å². The molecule has 1 saturated carbocycles. The Labute approximate surface area is 296 Å². The van der Waals surface area contributed by atoms with Gasteiger partial charge in [-0.2, -0.15) is 21.6 Å². The van der Waals surface area contributed by atoms with Gasteiger partial charge in [0.05, 0.1) is 0 Å². The number of nitrogens with zero attached hydrogens (tertiary/aromatic N) is 4. The van der Waals surface area contributed by atoms with Crippen LogP contribution in [0.25, 0.3) is 11.1 Å². The molecule has 0 radical (unpaired) electrons. The largest absolute Gasteiger partial charge is 0.534 e. The quantitative estimate of drug-likeness (QED) is 0.198. The summed E-state index contributed by atoms with van der Waals surface area (Å²) in [5, 5.41) is 0. The van der Waals surface area contributed by atoms with Gasteiger partial charge < -0.3 is 23.5 Å². The molecule has 6 rings (SSSR count). The first-order chi connectivity index (χ1) is 23.7. The van der Waals surface area contributed by atoms with Gasteiger partial charge in [0.2, 0.25) is 0 Å². The molecule has 51 heavy (non-hydrogen) atoms. The predicted molar refractivity (Wildman–Crippen MR) is 182 cm³/mol. The number of carbonyl (C=O) groups is 2. The zero-order chi connectivity index (χ0) is 37.4. The Hall–Kier alpha value is -4.40. The van der Waals surface area contributed by atoms with E-state index in [0.717, 1.165) is 29.4 Å². The van der Waals surface area contributed by atoms with Crippen molar-refractivity contribution in [1.82, 2.24) is 19.8 Å². The summed E-state index contributed by atoms with van der Waals surface area (Å²) in [5.74, 6) is 1.13. The van der Waals surface area contributed by atoms with Crippen LogP contribution in [0.3, 0.4) is 0 Å². The molecule has 15 heteroatoms. The van der Waals surface area contributed by atoms with Crippen LogP contribution in [-0.2, 0) is 45.5 Å². The lowest BCUT2D eigenvalue weighted by molar-refractivity contribution is -0.0500. The molecule has 2 aliphatic heterocycles. The number of halogens is 3. The lowest BCUT2D eigenvalue weighted by atomic mass is 9.95. The summed E-state index contributed by atoms with van der Waals surface area (Å²) in [6.07, 6.45) is 6.74. The highest BCUT2D eigenvalue weighted by Gasteiger charge is 2.48. The van der Waals surface area contributed by atoms with E-state index in [1.807, 2.05) is 33.2 Å². The van der Waals surface area contributed by atoms with Gasteiger partial charge in [0.25, 0.3) is 0 Å². The number of ether oxygens (including phenoxy) is 2. The number of carbonyl (C=O) groups excluding carboxylic acids is 2. The molecule has 3 aromatic rings. The molecule has 11 nitrogen and oxygen atoms in total. The summed E-state index contributed by atoms with van der Waals surface area (Å²) in [5.41, 5.74) is -0.632. The minimum Gasteiger partial charge on any atom is -0.444 e. The third-order valence-corrected chi connectivity index (χ3v) is 9.13. The number of alkyl halides is 3.